The minimum absolute atomic E-state index is 0. The summed E-state index contributed by atoms with van der Waals surface area (Å²) >= 11 is 0. The van der Waals surface area contributed by atoms with Crippen molar-refractivity contribution < 1.29 is 26.2 Å². The normalized spacial score (nSPS) is 11.8. The summed E-state index contributed by atoms with van der Waals surface area (Å²) in [4.78, 5) is 10.3. The first-order valence-electron chi connectivity index (χ1n) is 21.7. The number of terminal acetylenes is 1. The Balaban J connectivity index is 0.00000612. The molecular weight excluding hydrogens is 960 g/mol. The number of aromatic hydroxyl groups is 1. The molecule has 0 radical (unpaired) electrons. The second-order valence-electron chi connectivity index (χ2n) is 19.7. The zero-order valence-electron chi connectivity index (χ0n) is 38.2. The monoisotopic (exact) mass is 1010 g/mol. The fourth-order valence-electron chi connectivity index (χ4n) is 7.84. The van der Waals surface area contributed by atoms with Gasteiger partial charge in [-0.1, -0.05) is 182 Å². The van der Waals surface area contributed by atoms with Gasteiger partial charge in [0.2, 0.25) is 0 Å². The molecule has 322 valence electrons. The number of benzene rings is 6. The molecule has 4 heteroatoms. The molecule has 0 unspecified atom stereocenters. The fraction of sp³-hybridized carbons (Fsp3) is 0.200. The Labute approximate surface area is 395 Å². The van der Waals surface area contributed by atoms with Gasteiger partial charge >= 0.3 is 0 Å². The predicted octanol–water partition coefficient (Wildman–Crippen LogP) is 15.5. The average molecular weight is 1020 g/mol. The molecule has 0 amide bonds. The van der Waals surface area contributed by atoms with Crippen LogP contribution in [0, 0.1) is 18.4 Å². The fourth-order valence-corrected chi connectivity index (χ4v) is 7.84. The number of phenolic OH excluding ortho intramolecular Hbond substituents is 1. The van der Waals surface area contributed by atoms with Crippen LogP contribution in [0.3, 0.4) is 0 Å². The van der Waals surface area contributed by atoms with E-state index in [0.29, 0.717) is 11.3 Å². The minimum Gasteiger partial charge on any atom is -0.507 e. The van der Waals surface area contributed by atoms with Gasteiger partial charge in [-0.2, -0.15) is 0 Å². The quantitative estimate of drug-likeness (QED) is 0.128. The summed E-state index contributed by atoms with van der Waals surface area (Å²) < 4.78 is 0. The zero-order chi connectivity index (χ0) is 44.7. The molecule has 0 aliphatic rings. The van der Waals surface area contributed by atoms with Crippen molar-refractivity contribution in [1.82, 2.24) is 9.97 Å². The van der Waals surface area contributed by atoms with Crippen LogP contribution in [-0.2, 0) is 37.3 Å². The van der Waals surface area contributed by atoms with E-state index in [-0.39, 0.29) is 43.1 Å². The van der Waals surface area contributed by atoms with Crippen LogP contribution in [0.2, 0.25) is 0 Å². The molecule has 8 aromatic rings. The third-order valence-corrected chi connectivity index (χ3v) is 11.9. The van der Waals surface area contributed by atoms with Crippen LogP contribution in [0.15, 0.2) is 158 Å². The van der Waals surface area contributed by atoms with Crippen molar-refractivity contribution in [2.75, 3.05) is 0 Å². The molecule has 0 spiro atoms. The molecule has 6 aromatic carbocycles. The smallest absolute Gasteiger partial charge is 0.124 e. The van der Waals surface area contributed by atoms with Crippen molar-refractivity contribution in [2.24, 2.45) is 0 Å². The molecule has 1 N–H and O–H groups in total. The second-order valence-corrected chi connectivity index (χ2v) is 19.7. The summed E-state index contributed by atoms with van der Waals surface area (Å²) in [6.07, 6.45) is 7.48. The summed E-state index contributed by atoms with van der Waals surface area (Å²) in [7, 11) is 0. The van der Waals surface area contributed by atoms with Crippen LogP contribution >= 0.6 is 0 Å². The molecule has 2 aromatic heterocycles. The molecule has 0 atom stereocenters. The molecule has 2 heterocycles. The van der Waals surface area contributed by atoms with Gasteiger partial charge in [0.15, 0.2) is 0 Å². The van der Waals surface area contributed by atoms with Crippen molar-refractivity contribution in [3.05, 3.63) is 186 Å². The minimum atomic E-state index is -0.175. The van der Waals surface area contributed by atoms with E-state index < -0.39 is 0 Å². The summed E-state index contributed by atoms with van der Waals surface area (Å²) in [5, 5.41) is 11.7. The molecule has 0 saturated heterocycles. The topological polar surface area (TPSA) is 46.0 Å². The predicted molar refractivity (Wildman–Crippen MR) is 265 cm³/mol. The standard InChI is InChI=1S/C60H55N2O.Pt/c1-11-39-17-19-41(20-18-39)42-21-23-43(24-22-42)44-25-26-57(63)53(34-44)56-37-47(46-30-51(59(5,6)7)38-52(31-46)60(8,9)10)36-55(62-56)49-29-48(32-50(33-49)58(2,3)4)54-35-45(27-28-61-54)40-15-13-12-14-16-40;/h1,12-28,30-38,63H,2-10H3;/q-1;. The van der Waals surface area contributed by atoms with Gasteiger partial charge in [0, 0.05) is 49.8 Å². The Bertz CT molecular complexity index is 2960. The third kappa shape index (κ3) is 10.0. The number of aromatic nitrogens is 2. The van der Waals surface area contributed by atoms with Crippen LogP contribution < -0.4 is 0 Å². The van der Waals surface area contributed by atoms with Gasteiger partial charge in [0.1, 0.15) is 5.75 Å². The Morgan fingerprint density at radius 2 is 0.906 bits per heavy atom. The van der Waals surface area contributed by atoms with Gasteiger partial charge in [0.25, 0.3) is 0 Å². The number of phenols is 1. The van der Waals surface area contributed by atoms with Crippen molar-refractivity contribution in [1.29, 1.82) is 0 Å². The van der Waals surface area contributed by atoms with E-state index in [1.54, 1.807) is 6.07 Å². The number of hydrogen-bond donors (Lipinski definition) is 1. The molecule has 0 fully saturated rings. The Morgan fingerprint density at radius 1 is 0.453 bits per heavy atom. The van der Waals surface area contributed by atoms with Gasteiger partial charge in [-0.25, -0.2) is 0 Å². The Hall–Kier alpha value is -6.33. The first-order valence-corrected chi connectivity index (χ1v) is 21.7. The maximum atomic E-state index is 11.7. The molecule has 0 aliphatic heterocycles. The zero-order valence-corrected chi connectivity index (χ0v) is 40.5. The van der Waals surface area contributed by atoms with Crippen molar-refractivity contribution in [3.8, 4) is 96.4 Å². The third-order valence-electron chi connectivity index (χ3n) is 11.9. The average Bonchev–Trinajstić information content (AvgIpc) is 3.28. The maximum absolute atomic E-state index is 11.7. The van der Waals surface area contributed by atoms with Crippen LogP contribution in [-0.4, -0.2) is 15.1 Å². The van der Waals surface area contributed by atoms with Gasteiger partial charge < -0.3 is 5.11 Å². The van der Waals surface area contributed by atoms with E-state index in [1.807, 2.05) is 36.5 Å². The van der Waals surface area contributed by atoms with Crippen LogP contribution in [0.5, 0.6) is 5.75 Å². The summed E-state index contributed by atoms with van der Waals surface area (Å²) in [5.41, 5.74) is 17.4. The number of hydrogen-bond acceptors (Lipinski definition) is 3. The van der Waals surface area contributed by atoms with E-state index in [1.165, 1.54) is 11.1 Å². The van der Waals surface area contributed by atoms with Gasteiger partial charge in [-0.3, -0.25) is 9.97 Å². The number of pyridine rings is 2. The number of rotatable bonds is 7. The first kappa shape index (κ1) is 45.7. The maximum Gasteiger partial charge on any atom is 0.124 e. The summed E-state index contributed by atoms with van der Waals surface area (Å²) in [6.45, 7) is 20.3. The first-order chi connectivity index (χ1) is 29.9. The van der Waals surface area contributed by atoms with Crippen LogP contribution in [0.1, 0.15) is 84.6 Å². The summed E-state index contributed by atoms with van der Waals surface area (Å²) in [5.74, 6) is 2.86. The van der Waals surface area contributed by atoms with E-state index in [4.69, 9.17) is 16.4 Å². The summed E-state index contributed by atoms with van der Waals surface area (Å²) in [6, 6.07) is 56.4. The molecular formula is C60H55N2OPt-. The Kier molecular flexibility index (Phi) is 12.9. The number of nitrogens with zero attached hydrogens (tertiary/aromatic N) is 2. The second kappa shape index (κ2) is 18.0. The molecule has 0 saturated carbocycles. The van der Waals surface area contributed by atoms with Crippen LogP contribution in [0.4, 0.5) is 0 Å². The molecule has 0 bridgehead atoms. The van der Waals surface area contributed by atoms with E-state index >= 15 is 0 Å². The van der Waals surface area contributed by atoms with Gasteiger partial charge in [-0.05, 0) is 108 Å². The molecule has 3 nitrogen and oxygen atoms in total. The van der Waals surface area contributed by atoms with E-state index in [0.717, 1.165) is 78.1 Å². The largest absolute Gasteiger partial charge is 0.507 e. The van der Waals surface area contributed by atoms with Crippen LogP contribution in [0.25, 0.3) is 78.3 Å². The molecule has 0 aliphatic carbocycles. The van der Waals surface area contributed by atoms with Crippen molar-refractivity contribution in [2.45, 2.75) is 78.6 Å². The van der Waals surface area contributed by atoms with Gasteiger partial charge in [0.05, 0.1) is 5.69 Å². The van der Waals surface area contributed by atoms with Crippen molar-refractivity contribution >= 4 is 0 Å². The van der Waals surface area contributed by atoms with Gasteiger partial charge in [-0.15, -0.1) is 30.2 Å². The van der Waals surface area contributed by atoms with Crippen molar-refractivity contribution in [3.63, 3.8) is 0 Å². The van der Waals surface area contributed by atoms with E-state index in [2.05, 4.69) is 190 Å². The van der Waals surface area contributed by atoms with E-state index in [9.17, 15) is 5.11 Å². The SMILES string of the molecule is C#Cc1ccc(-c2ccc(-c3ccc(O)c(-c4cc(-c5cc(C(C)(C)C)cc(C(C)(C)C)c5)cc(-c5[c-]c(-c6cc(-c7ccccc7)ccn6)cc(C(C)(C)C)c5)n4)c3)cc2)cc1.[Pt]. The Morgan fingerprint density at radius 3 is 1.48 bits per heavy atom. The molecule has 8 rings (SSSR count). The molecule has 64 heavy (non-hydrogen) atoms.